The van der Waals surface area contributed by atoms with Crippen LogP contribution in [0.5, 0.6) is 17.2 Å². The summed E-state index contributed by atoms with van der Waals surface area (Å²) >= 11 is 13.0. The van der Waals surface area contributed by atoms with E-state index in [2.05, 4.69) is 15.5 Å². The molecule has 0 saturated carbocycles. The lowest BCUT2D eigenvalue weighted by Gasteiger charge is -2.13. The fourth-order valence-electron chi connectivity index (χ4n) is 2.40. The minimum atomic E-state index is -0.369. The number of hydrogen-bond acceptors (Lipinski definition) is 7. The highest BCUT2D eigenvalue weighted by atomic mass is 35.5. The van der Waals surface area contributed by atoms with Crippen molar-refractivity contribution in [2.45, 2.75) is 0 Å². The average molecular weight is 440 g/mol. The first-order valence-corrected chi connectivity index (χ1v) is 9.44. The van der Waals surface area contributed by atoms with Gasteiger partial charge in [0.2, 0.25) is 10.9 Å². The topological polar surface area (TPSA) is 82.6 Å². The van der Waals surface area contributed by atoms with Gasteiger partial charge < -0.3 is 14.2 Å². The third-order valence-electron chi connectivity index (χ3n) is 3.74. The number of anilines is 1. The molecular formula is C18H15Cl2N3O4S. The first kappa shape index (κ1) is 20.2. The lowest BCUT2D eigenvalue weighted by molar-refractivity contribution is 0.102. The van der Waals surface area contributed by atoms with Crippen molar-refractivity contribution in [3.8, 4) is 27.8 Å². The highest BCUT2D eigenvalue weighted by molar-refractivity contribution is 7.18. The molecule has 0 aliphatic rings. The van der Waals surface area contributed by atoms with E-state index in [0.717, 1.165) is 0 Å². The van der Waals surface area contributed by atoms with Crippen LogP contribution in [0.4, 0.5) is 5.13 Å². The normalized spacial score (nSPS) is 10.5. The molecule has 1 amide bonds. The number of ether oxygens (including phenoxy) is 3. The molecule has 0 spiro atoms. The Bertz CT molecular complexity index is 1000. The Hall–Kier alpha value is -2.55. The molecule has 1 N–H and O–H groups in total. The summed E-state index contributed by atoms with van der Waals surface area (Å²) in [6, 6.07) is 8.13. The van der Waals surface area contributed by atoms with Gasteiger partial charge in [0.25, 0.3) is 5.91 Å². The number of nitrogens with zero attached hydrogens (tertiary/aromatic N) is 2. The summed E-state index contributed by atoms with van der Waals surface area (Å²) in [5.41, 5.74) is 1.07. The minimum absolute atomic E-state index is 0.296. The summed E-state index contributed by atoms with van der Waals surface area (Å²) in [4.78, 5) is 12.4. The number of hydrogen-bond donors (Lipinski definition) is 1. The van der Waals surface area contributed by atoms with Gasteiger partial charge >= 0.3 is 0 Å². The van der Waals surface area contributed by atoms with Crippen molar-refractivity contribution in [1.82, 2.24) is 10.2 Å². The predicted octanol–water partition coefficient (Wildman–Crippen LogP) is 4.79. The highest BCUT2D eigenvalue weighted by Gasteiger charge is 2.17. The minimum Gasteiger partial charge on any atom is -0.493 e. The smallest absolute Gasteiger partial charge is 0.257 e. The Morgan fingerprint density at radius 3 is 2.21 bits per heavy atom. The van der Waals surface area contributed by atoms with E-state index in [4.69, 9.17) is 37.4 Å². The van der Waals surface area contributed by atoms with Crippen LogP contribution in [0.3, 0.4) is 0 Å². The largest absolute Gasteiger partial charge is 0.493 e. The number of aromatic nitrogens is 2. The standard InChI is InChI=1S/C18H15Cl2N3O4S/c1-25-13-7-10(8-14(26-2)15(13)27-3)17-22-23-18(28-17)21-16(24)9-4-5-11(19)12(20)6-9/h4-8H,1-3H3,(H,21,23,24). The first-order valence-electron chi connectivity index (χ1n) is 7.87. The van der Waals surface area contributed by atoms with Gasteiger partial charge in [0, 0.05) is 11.1 Å². The first-order chi connectivity index (χ1) is 13.5. The molecule has 146 valence electrons. The van der Waals surface area contributed by atoms with Crippen molar-refractivity contribution in [2.24, 2.45) is 0 Å². The van der Waals surface area contributed by atoms with Crippen LogP contribution in [-0.2, 0) is 0 Å². The third-order valence-corrected chi connectivity index (χ3v) is 5.37. The third kappa shape index (κ3) is 4.14. The van der Waals surface area contributed by atoms with E-state index in [1.54, 1.807) is 24.3 Å². The van der Waals surface area contributed by atoms with Crippen LogP contribution in [0.1, 0.15) is 10.4 Å². The number of methoxy groups -OCH3 is 3. The maximum Gasteiger partial charge on any atom is 0.257 e. The Morgan fingerprint density at radius 1 is 0.964 bits per heavy atom. The zero-order valence-corrected chi connectivity index (χ0v) is 17.4. The van der Waals surface area contributed by atoms with Crippen molar-refractivity contribution in [3.63, 3.8) is 0 Å². The van der Waals surface area contributed by atoms with Crippen molar-refractivity contribution >= 4 is 45.6 Å². The Morgan fingerprint density at radius 2 is 1.64 bits per heavy atom. The molecule has 28 heavy (non-hydrogen) atoms. The molecule has 2 aromatic carbocycles. The van der Waals surface area contributed by atoms with Crippen molar-refractivity contribution in [2.75, 3.05) is 26.6 Å². The fourth-order valence-corrected chi connectivity index (χ4v) is 3.43. The predicted molar refractivity (Wildman–Crippen MR) is 109 cm³/mol. The zero-order chi connectivity index (χ0) is 20.3. The monoisotopic (exact) mass is 439 g/mol. The van der Waals surface area contributed by atoms with Crippen LogP contribution in [0.25, 0.3) is 10.6 Å². The summed E-state index contributed by atoms with van der Waals surface area (Å²) in [5.74, 6) is 1.10. The number of carbonyl (C=O) groups is 1. The van der Waals surface area contributed by atoms with Gasteiger partial charge in [0.05, 0.1) is 31.4 Å². The van der Waals surface area contributed by atoms with Crippen LogP contribution < -0.4 is 19.5 Å². The Kier molecular flexibility index (Phi) is 6.23. The van der Waals surface area contributed by atoms with Crippen molar-refractivity contribution in [3.05, 3.63) is 45.9 Å². The van der Waals surface area contributed by atoms with Crippen molar-refractivity contribution in [1.29, 1.82) is 0 Å². The SMILES string of the molecule is COc1cc(-c2nnc(NC(=O)c3ccc(Cl)c(Cl)c3)s2)cc(OC)c1OC. The fraction of sp³-hybridized carbons (Fsp3) is 0.167. The maximum atomic E-state index is 12.4. The van der Waals surface area contributed by atoms with E-state index in [1.165, 1.54) is 38.7 Å². The molecule has 0 radical (unpaired) electrons. The number of carbonyl (C=O) groups excluding carboxylic acids is 1. The molecule has 0 unspecified atom stereocenters. The number of amides is 1. The molecule has 1 heterocycles. The van der Waals surface area contributed by atoms with E-state index >= 15 is 0 Å². The maximum absolute atomic E-state index is 12.4. The van der Waals surface area contributed by atoms with Gasteiger partial charge in [-0.3, -0.25) is 10.1 Å². The quantitative estimate of drug-likeness (QED) is 0.594. The zero-order valence-electron chi connectivity index (χ0n) is 15.1. The molecule has 1 aromatic heterocycles. The van der Waals surface area contributed by atoms with Gasteiger partial charge in [-0.25, -0.2) is 0 Å². The van der Waals surface area contributed by atoms with E-state index < -0.39 is 0 Å². The number of halogens is 2. The van der Waals surface area contributed by atoms with Gasteiger partial charge in [0.15, 0.2) is 11.5 Å². The van der Waals surface area contributed by atoms with Gasteiger partial charge in [-0.1, -0.05) is 34.5 Å². The molecular weight excluding hydrogens is 425 g/mol. The summed E-state index contributed by atoms with van der Waals surface area (Å²) in [7, 11) is 4.59. The second-order valence-corrected chi connectivity index (χ2v) is 7.20. The molecule has 0 aliphatic heterocycles. The molecule has 0 fully saturated rings. The summed E-state index contributed by atoms with van der Waals surface area (Å²) in [6.07, 6.45) is 0. The van der Waals surface area contributed by atoms with Crippen molar-refractivity contribution < 1.29 is 19.0 Å². The van der Waals surface area contributed by atoms with Gasteiger partial charge in [0.1, 0.15) is 5.01 Å². The van der Waals surface area contributed by atoms with Crippen LogP contribution in [-0.4, -0.2) is 37.4 Å². The molecule has 0 atom stereocenters. The summed E-state index contributed by atoms with van der Waals surface area (Å²) in [6.45, 7) is 0. The highest BCUT2D eigenvalue weighted by Crippen LogP contribution is 2.42. The van der Waals surface area contributed by atoms with Gasteiger partial charge in [-0.05, 0) is 30.3 Å². The van der Waals surface area contributed by atoms with Crippen LogP contribution in [0.15, 0.2) is 30.3 Å². The molecule has 3 aromatic rings. The molecule has 0 bridgehead atoms. The average Bonchev–Trinajstić information content (AvgIpc) is 3.17. The number of benzene rings is 2. The second-order valence-electron chi connectivity index (χ2n) is 5.41. The molecule has 7 nitrogen and oxygen atoms in total. The Labute approximate surface area is 175 Å². The van der Waals surface area contributed by atoms with E-state index in [0.29, 0.717) is 48.6 Å². The second kappa shape index (κ2) is 8.64. The number of nitrogens with one attached hydrogen (secondary N) is 1. The lowest BCUT2D eigenvalue weighted by Crippen LogP contribution is -2.11. The van der Waals surface area contributed by atoms with Crippen LogP contribution in [0, 0.1) is 0 Å². The summed E-state index contributed by atoms with van der Waals surface area (Å²) in [5, 5.41) is 12.4. The molecule has 10 heteroatoms. The molecule has 0 saturated heterocycles. The lowest BCUT2D eigenvalue weighted by atomic mass is 10.2. The summed E-state index contributed by atoms with van der Waals surface area (Å²) < 4.78 is 16.0. The van der Waals surface area contributed by atoms with Crippen LogP contribution >= 0.6 is 34.5 Å². The van der Waals surface area contributed by atoms with Gasteiger partial charge in [-0.15, -0.1) is 10.2 Å². The van der Waals surface area contributed by atoms with Gasteiger partial charge in [-0.2, -0.15) is 0 Å². The number of rotatable bonds is 6. The molecule has 0 aliphatic carbocycles. The van der Waals surface area contributed by atoms with E-state index in [-0.39, 0.29) is 5.91 Å². The van der Waals surface area contributed by atoms with E-state index in [1.807, 2.05) is 0 Å². The van der Waals surface area contributed by atoms with Crippen LogP contribution in [0.2, 0.25) is 10.0 Å². The molecule has 3 rings (SSSR count). The Balaban J connectivity index is 1.86. The van der Waals surface area contributed by atoms with E-state index in [9.17, 15) is 4.79 Å².